The van der Waals surface area contributed by atoms with Crippen LogP contribution in [0.25, 0.3) is 0 Å². The zero-order chi connectivity index (χ0) is 16.1. The van der Waals surface area contributed by atoms with Crippen molar-refractivity contribution < 1.29 is 4.74 Å². The molecule has 3 rings (SSSR count). The van der Waals surface area contributed by atoms with E-state index in [9.17, 15) is 0 Å². The molecule has 0 aliphatic heterocycles. The van der Waals surface area contributed by atoms with Gasteiger partial charge in [-0.2, -0.15) is 0 Å². The Bertz CT molecular complexity index is 779. The predicted octanol–water partition coefficient (Wildman–Crippen LogP) is 5.43. The van der Waals surface area contributed by atoms with Crippen molar-refractivity contribution in [3.63, 3.8) is 0 Å². The average Bonchev–Trinajstić information content (AvgIpc) is 2.58. The molecule has 3 aromatic rings. The summed E-state index contributed by atoms with van der Waals surface area (Å²) >= 11 is 10.4. The number of benzene rings is 2. The first kappa shape index (κ1) is 15.7. The van der Waals surface area contributed by atoms with E-state index in [-0.39, 0.29) is 0 Å². The lowest BCUT2D eigenvalue weighted by Crippen LogP contribution is -2.00. The molecule has 0 amide bonds. The molecular formula is C18H15ClN2OS. The zero-order valence-electron chi connectivity index (χ0n) is 12.2. The van der Waals surface area contributed by atoms with E-state index in [0.29, 0.717) is 12.3 Å². The van der Waals surface area contributed by atoms with E-state index in [1.165, 1.54) is 0 Å². The summed E-state index contributed by atoms with van der Waals surface area (Å²) in [6.45, 7) is 0.644. The molecule has 0 unspecified atom stereocenters. The van der Waals surface area contributed by atoms with Gasteiger partial charge >= 0.3 is 0 Å². The molecule has 3 nitrogen and oxygen atoms in total. The van der Waals surface area contributed by atoms with Crippen molar-refractivity contribution in [2.75, 3.05) is 5.32 Å². The van der Waals surface area contributed by atoms with Gasteiger partial charge < -0.3 is 10.1 Å². The van der Waals surface area contributed by atoms with Gasteiger partial charge in [0, 0.05) is 28.3 Å². The molecule has 2 aromatic carbocycles. The second kappa shape index (κ2) is 7.40. The minimum absolute atomic E-state index is 0.644. The van der Waals surface area contributed by atoms with E-state index in [0.717, 1.165) is 26.9 Å². The molecule has 116 valence electrons. The molecule has 1 N–H and O–H groups in total. The third-order valence-corrected chi connectivity index (χ3v) is 3.94. The van der Waals surface area contributed by atoms with Crippen LogP contribution >= 0.6 is 24.2 Å². The quantitative estimate of drug-likeness (QED) is 0.607. The monoisotopic (exact) mass is 342 g/mol. The molecule has 0 aliphatic carbocycles. The number of thiol groups is 1. The number of nitrogens with zero attached hydrogens (tertiary/aromatic N) is 1. The lowest BCUT2D eigenvalue weighted by atomic mass is 10.2. The van der Waals surface area contributed by atoms with Crippen LogP contribution in [-0.2, 0) is 6.54 Å². The number of halogens is 1. The van der Waals surface area contributed by atoms with Gasteiger partial charge in [-0.1, -0.05) is 11.6 Å². The topological polar surface area (TPSA) is 34.1 Å². The predicted molar refractivity (Wildman–Crippen MR) is 96.8 cm³/mol. The Morgan fingerprint density at radius 2 is 1.87 bits per heavy atom. The lowest BCUT2D eigenvalue weighted by molar-refractivity contribution is 0.479. The van der Waals surface area contributed by atoms with E-state index >= 15 is 0 Å². The number of rotatable bonds is 5. The fourth-order valence-electron chi connectivity index (χ4n) is 2.08. The molecule has 0 radical (unpaired) electrons. The first-order chi connectivity index (χ1) is 11.2. The van der Waals surface area contributed by atoms with E-state index in [1.807, 2.05) is 54.6 Å². The van der Waals surface area contributed by atoms with E-state index in [4.69, 9.17) is 16.3 Å². The Morgan fingerprint density at radius 1 is 1.04 bits per heavy atom. The summed E-state index contributed by atoms with van der Waals surface area (Å²) in [4.78, 5) is 4.95. The highest BCUT2D eigenvalue weighted by Crippen LogP contribution is 2.26. The number of aromatic nitrogens is 1. The fraction of sp³-hybridized carbons (Fsp3) is 0.0556. The second-order valence-corrected chi connectivity index (χ2v) is 5.86. The SMILES string of the molecule is Sc1ccc(Oc2cccnc2)cc1CNc1ccc(Cl)cc1. The van der Waals surface area contributed by atoms with Gasteiger partial charge in [0.05, 0.1) is 6.20 Å². The molecule has 5 heteroatoms. The molecule has 0 saturated carbocycles. The van der Waals surface area contributed by atoms with E-state index in [1.54, 1.807) is 12.4 Å². The van der Waals surface area contributed by atoms with Crippen LogP contribution in [-0.4, -0.2) is 4.98 Å². The highest BCUT2D eigenvalue weighted by molar-refractivity contribution is 7.80. The Kier molecular flexibility index (Phi) is 5.05. The van der Waals surface area contributed by atoms with Crippen LogP contribution in [0.4, 0.5) is 5.69 Å². The number of nitrogens with one attached hydrogen (secondary N) is 1. The molecule has 23 heavy (non-hydrogen) atoms. The van der Waals surface area contributed by atoms with Crippen LogP contribution in [0.3, 0.4) is 0 Å². The Labute approximate surface area is 145 Å². The maximum atomic E-state index is 5.89. The maximum Gasteiger partial charge on any atom is 0.145 e. The van der Waals surface area contributed by atoms with E-state index in [2.05, 4.69) is 22.9 Å². The summed E-state index contributed by atoms with van der Waals surface area (Å²) in [5.74, 6) is 1.46. The van der Waals surface area contributed by atoms with Gasteiger partial charge in [-0.3, -0.25) is 4.98 Å². The number of hydrogen-bond donors (Lipinski definition) is 2. The molecule has 1 aromatic heterocycles. The van der Waals surface area contributed by atoms with Crippen molar-refractivity contribution >= 4 is 29.9 Å². The van der Waals surface area contributed by atoms with Gasteiger partial charge in [-0.15, -0.1) is 12.6 Å². The van der Waals surface area contributed by atoms with Crippen LogP contribution < -0.4 is 10.1 Å². The largest absolute Gasteiger partial charge is 0.456 e. The number of pyridine rings is 1. The first-order valence-electron chi connectivity index (χ1n) is 7.10. The van der Waals surface area contributed by atoms with Crippen LogP contribution in [0.15, 0.2) is 71.9 Å². The molecule has 1 heterocycles. The minimum Gasteiger partial charge on any atom is -0.456 e. The normalized spacial score (nSPS) is 10.3. The van der Waals surface area contributed by atoms with Crippen molar-refractivity contribution in [3.8, 4) is 11.5 Å². The van der Waals surface area contributed by atoms with Gasteiger partial charge in [0.2, 0.25) is 0 Å². The standard InChI is InChI=1S/C18H15ClN2OS/c19-14-3-5-15(6-4-14)21-11-13-10-16(7-8-18(13)23)22-17-2-1-9-20-12-17/h1-10,12,21,23H,11H2. The van der Waals surface area contributed by atoms with Crippen LogP contribution in [0.2, 0.25) is 5.02 Å². The number of ether oxygens (including phenoxy) is 1. The summed E-state index contributed by atoms with van der Waals surface area (Å²) in [5.41, 5.74) is 2.05. The summed E-state index contributed by atoms with van der Waals surface area (Å²) in [6.07, 6.45) is 3.39. The smallest absolute Gasteiger partial charge is 0.145 e. The molecule has 0 atom stereocenters. The van der Waals surface area contributed by atoms with Crippen molar-refractivity contribution in [1.29, 1.82) is 0 Å². The number of hydrogen-bond acceptors (Lipinski definition) is 4. The van der Waals surface area contributed by atoms with Crippen molar-refractivity contribution in [2.45, 2.75) is 11.4 Å². The number of anilines is 1. The van der Waals surface area contributed by atoms with Crippen molar-refractivity contribution in [1.82, 2.24) is 4.98 Å². The summed E-state index contributed by atoms with van der Waals surface area (Å²) in [5, 5.41) is 4.06. The van der Waals surface area contributed by atoms with Gasteiger partial charge in [0.1, 0.15) is 11.5 Å². The zero-order valence-corrected chi connectivity index (χ0v) is 13.9. The van der Waals surface area contributed by atoms with Gasteiger partial charge in [-0.25, -0.2) is 0 Å². The summed E-state index contributed by atoms with van der Waals surface area (Å²) < 4.78 is 5.80. The van der Waals surface area contributed by atoms with Crippen LogP contribution in [0, 0.1) is 0 Å². The molecule has 0 saturated heterocycles. The molecular weight excluding hydrogens is 328 g/mol. The molecule has 0 spiro atoms. The highest BCUT2D eigenvalue weighted by atomic mass is 35.5. The fourth-order valence-corrected chi connectivity index (χ4v) is 2.42. The summed E-state index contributed by atoms with van der Waals surface area (Å²) in [6, 6.07) is 17.1. The maximum absolute atomic E-state index is 5.89. The second-order valence-electron chi connectivity index (χ2n) is 4.94. The first-order valence-corrected chi connectivity index (χ1v) is 7.92. The Hall–Kier alpha value is -2.17. The summed E-state index contributed by atoms with van der Waals surface area (Å²) in [7, 11) is 0. The average molecular weight is 343 g/mol. The highest BCUT2D eigenvalue weighted by Gasteiger charge is 2.04. The van der Waals surface area contributed by atoms with Crippen molar-refractivity contribution in [3.05, 3.63) is 77.6 Å². The minimum atomic E-state index is 0.644. The Morgan fingerprint density at radius 3 is 2.61 bits per heavy atom. The van der Waals surface area contributed by atoms with Gasteiger partial charge in [-0.05, 0) is 60.2 Å². The molecule has 0 aliphatic rings. The van der Waals surface area contributed by atoms with Crippen molar-refractivity contribution in [2.24, 2.45) is 0 Å². The van der Waals surface area contributed by atoms with Gasteiger partial charge in [0.15, 0.2) is 0 Å². The molecule has 0 bridgehead atoms. The van der Waals surface area contributed by atoms with Gasteiger partial charge in [0.25, 0.3) is 0 Å². The molecule has 0 fully saturated rings. The lowest BCUT2D eigenvalue weighted by Gasteiger charge is -2.11. The van der Waals surface area contributed by atoms with Crippen LogP contribution in [0.1, 0.15) is 5.56 Å². The third-order valence-electron chi connectivity index (χ3n) is 3.25. The Balaban J connectivity index is 1.71. The van der Waals surface area contributed by atoms with Crippen LogP contribution in [0.5, 0.6) is 11.5 Å². The third kappa shape index (κ3) is 4.41. The van der Waals surface area contributed by atoms with E-state index < -0.39 is 0 Å².